The van der Waals surface area contributed by atoms with E-state index in [4.69, 9.17) is 0 Å². The van der Waals surface area contributed by atoms with Crippen LogP contribution in [-0.2, 0) is 0 Å². The van der Waals surface area contributed by atoms with Crippen LogP contribution in [0, 0.1) is 5.41 Å². The second-order valence-electron chi connectivity index (χ2n) is 4.36. The van der Waals surface area contributed by atoms with Gasteiger partial charge in [-0.25, -0.2) is 5.10 Å². The van der Waals surface area contributed by atoms with Crippen molar-refractivity contribution in [2.45, 2.75) is 40.3 Å². The molecule has 0 radical (unpaired) electrons. The van der Waals surface area contributed by atoms with Gasteiger partial charge in [-0.3, -0.25) is 0 Å². The highest BCUT2D eigenvalue weighted by atomic mass is 15.4. The fourth-order valence-corrected chi connectivity index (χ4v) is 1.43. The summed E-state index contributed by atoms with van der Waals surface area (Å²) in [6.45, 7) is 10.6. The van der Waals surface area contributed by atoms with Gasteiger partial charge in [0.1, 0.15) is 0 Å². The van der Waals surface area contributed by atoms with Gasteiger partial charge in [-0.05, 0) is 18.3 Å². The summed E-state index contributed by atoms with van der Waals surface area (Å²) in [5, 5.41) is 4.38. The van der Waals surface area contributed by atoms with Crippen molar-refractivity contribution < 1.29 is 0 Å². The molecule has 1 aliphatic rings. The first-order valence-corrected chi connectivity index (χ1v) is 4.86. The molecule has 0 aromatic carbocycles. The smallest absolute Gasteiger partial charge is 0.270 e. The summed E-state index contributed by atoms with van der Waals surface area (Å²) in [6.07, 6.45) is 4.43. The first-order valence-electron chi connectivity index (χ1n) is 4.86. The molecule has 0 saturated heterocycles. The van der Waals surface area contributed by atoms with Crippen molar-refractivity contribution in [3.05, 3.63) is 0 Å². The van der Waals surface area contributed by atoms with Gasteiger partial charge in [0.05, 0.1) is 0 Å². The minimum Gasteiger partial charge on any atom is -0.341 e. The molecule has 0 amide bonds. The first kappa shape index (κ1) is 9.62. The van der Waals surface area contributed by atoms with Crippen LogP contribution in [0.3, 0.4) is 0 Å². The van der Waals surface area contributed by atoms with Gasteiger partial charge in [-0.2, -0.15) is 0 Å². The third kappa shape index (κ3) is 2.02. The SMILES string of the molecule is CCC1(C)CC=NN(B(C)C)C1. The summed E-state index contributed by atoms with van der Waals surface area (Å²) >= 11 is 0. The highest BCUT2D eigenvalue weighted by molar-refractivity contribution is 6.52. The Labute approximate surface area is 76.1 Å². The first-order chi connectivity index (χ1) is 5.57. The van der Waals surface area contributed by atoms with E-state index in [2.05, 4.69) is 43.7 Å². The Morgan fingerprint density at radius 3 is 2.75 bits per heavy atom. The Kier molecular flexibility index (Phi) is 2.81. The molecule has 12 heavy (non-hydrogen) atoms. The summed E-state index contributed by atoms with van der Waals surface area (Å²) in [4.78, 5) is 2.19. The van der Waals surface area contributed by atoms with Gasteiger partial charge in [0.25, 0.3) is 6.85 Å². The lowest BCUT2D eigenvalue weighted by atomic mass is 9.65. The van der Waals surface area contributed by atoms with Crippen molar-refractivity contribution in [1.29, 1.82) is 0 Å². The van der Waals surface area contributed by atoms with E-state index >= 15 is 0 Å². The van der Waals surface area contributed by atoms with E-state index in [0.29, 0.717) is 12.3 Å². The predicted molar refractivity (Wildman–Crippen MR) is 55.7 cm³/mol. The second kappa shape index (κ2) is 3.50. The normalized spacial score (nSPS) is 29.2. The molecule has 68 valence electrons. The van der Waals surface area contributed by atoms with E-state index in [1.54, 1.807) is 0 Å². The molecule has 0 N–H and O–H groups in total. The van der Waals surface area contributed by atoms with Crippen LogP contribution in [0.15, 0.2) is 5.10 Å². The molecular formula is C9H19BN2. The van der Waals surface area contributed by atoms with E-state index in [-0.39, 0.29) is 0 Å². The molecular weight excluding hydrogens is 147 g/mol. The molecule has 0 aromatic rings. The second-order valence-corrected chi connectivity index (χ2v) is 4.36. The molecule has 0 spiro atoms. The maximum Gasteiger partial charge on any atom is 0.270 e. The predicted octanol–water partition coefficient (Wildman–Crippen LogP) is 2.35. The molecule has 0 aromatic heterocycles. The van der Waals surface area contributed by atoms with Crippen LogP contribution in [0.1, 0.15) is 26.7 Å². The van der Waals surface area contributed by atoms with Gasteiger partial charge < -0.3 is 4.92 Å². The zero-order valence-electron chi connectivity index (χ0n) is 8.67. The topological polar surface area (TPSA) is 15.6 Å². The molecule has 1 unspecified atom stereocenters. The van der Waals surface area contributed by atoms with Crippen LogP contribution in [0.4, 0.5) is 0 Å². The maximum atomic E-state index is 4.38. The third-order valence-corrected chi connectivity index (χ3v) is 2.81. The van der Waals surface area contributed by atoms with Crippen LogP contribution < -0.4 is 0 Å². The monoisotopic (exact) mass is 166 g/mol. The zero-order chi connectivity index (χ0) is 9.19. The molecule has 1 rings (SSSR count). The minimum atomic E-state index is 0.450. The summed E-state index contributed by atoms with van der Waals surface area (Å²) in [5.41, 5.74) is 0.450. The Hall–Kier alpha value is -0.465. The Bertz CT molecular complexity index is 179. The average molecular weight is 166 g/mol. The van der Waals surface area contributed by atoms with Crippen molar-refractivity contribution in [1.82, 2.24) is 4.92 Å². The molecule has 1 atom stereocenters. The van der Waals surface area contributed by atoms with Crippen LogP contribution in [0.2, 0.25) is 13.6 Å². The lowest BCUT2D eigenvalue weighted by Gasteiger charge is -2.37. The summed E-state index contributed by atoms with van der Waals surface area (Å²) < 4.78 is 0. The number of nitrogens with zero attached hydrogens (tertiary/aromatic N) is 2. The quantitative estimate of drug-likeness (QED) is 0.575. The lowest BCUT2D eigenvalue weighted by Crippen LogP contribution is -2.42. The van der Waals surface area contributed by atoms with Crippen molar-refractivity contribution in [2.24, 2.45) is 10.5 Å². The Balaban J connectivity index is 2.62. The van der Waals surface area contributed by atoms with Gasteiger partial charge in [0.15, 0.2) is 0 Å². The van der Waals surface area contributed by atoms with Crippen molar-refractivity contribution in [2.75, 3.05) is 6.54 Å². The summed E-state index contributed by atoms with van der Waals surface area (Å²) in [7, 11) is 0. The van der Waals surface area contributed by atoms with Gasteiger partial charge in [0.2, 0.25) is 0 Å². The van der Waals surface area contributed by atoms with E-state index in [9.17, 15) is 0 Å². The number of hydrazone groups is 1. The standard InChI is InChI=1S/C9H19BN2/c1-5-9(2)6-7-11-12(8-9)10(3)4/h7H,5-6,8H2,1-4H3. The molecule has 0 aliphatic carbocycles. The molecule has 0 fully saturated rings. The van der Waals surface area contributed by atoms with Gasteiger partial charge >= 0.3 is 0 Å². The molecule has 0 saturated carbocycles. The van der Waals surface area contributed by atoms with E-state index in [0.717, 1.165) is 13.0 Å². The molecule has 0 bridgehead atoms. The zero-order valence-corrected chi connectivity index (χ0v) is 8.67. The van der Waals surface area contributed by atoms with Crippen LogP contribution >= 0.6 is 0 Å². The van der Waals surface area contributed by atoms with Crippen molar-refractivity contribution in [3.8, 4) is 0 Å². The fraction of sp³-hybridized carbons (Fsp3) is 0.889. The van der Waals surface area contributed by atoms with E-state index < -0.39 is 0 Å². The van der Waals surface area contributed by atoms with Gasteiger partial charge in [-0.15, -0.1) is 0 Å². The van der Waals surface area contributed by atoms with Crippen LogP contribution in [0.5, 0.6) is 0 Å². The molecule has 1 aliphatic heterocycles. The molecule has 3 heteroatoms. The van der Waals surface area contributed by atoms with E-state index in [1.165, 1.54) is 6.42 Å². The lowest BCUT2D eigenvalue weighted by molar-refractivity contribution is 0.224. The fourth-order valence-electron chi connectivity index (χ4n) is 1.43. The average Bonchev–Trinajstić information content (AvgIpc) is 2.05. The number of hydrogen-bond donors (Lipinski definition) is 0. The van der Waals surface area contributed by atoms with Crippen LogP contribution in [0.25, 0.3) is 0 Å². The van der Waals surface area contributed by atoms with Crippen molar-refractivity contribution in [3.63, 3.8) is 0 Å². The largest absolute Gasteiger partial charge is 0.341 e. The maximum absolute atomic E-state index is 4.38. The highest BCUT2D eigenvalue weighted by Crippen LogP contribution is 2.29. The summed E-state index contributed by atoms with van der Waals surface area (Å²) in [6, 6.07) is 0. The van der Waals surface area contributed by atoms with Gasteiger partial charge in [-0.1, -0.05) is 27.5 Å². The van der Waals surface area contributed by atoms with E-state index in [1.807, 2.05) is 0 Å². The Morgan fingerprint density at radius 1 is 1.58 bits per heavy atom. The third-order valence-electron chi connectivity index (χ3n) is 2.81. The number of hydrogen-bond acceptors (Lipinski definition) is 2. The minimum absolute atomic E-state index is 0.450. The number of rotatable bonds is 2. The highest BCUT2D eigenvalue weighted by Gasteiger charge is 2.28. The van der Waals surface area contributed by atoms with Crippen molar-refractivity contribution >= 4 is 13.1 Å². The summed E-state index contributed by atoms with van der Waals surface area (Å²) in [5.74, 6) is 0. The van der Waals surface area contributed by atoms with Gasteiger partial charge in [0, 0.05) is 12.8 Å². The van der Waals surface area contributed by atoms with Crippen LogP contribution in [-0.4, -0.2) is 24.5 Å². The molecule has 1 heterocycles. The molecule has 2 nitrogen and oxygen atoms in total. The Morgan fingerprint density at radius 2 is 2.25 bits per heavy atom.